The number of hydrogen-bond donors (Lipinski definition) is 2. The van der Waals surface area contributed by atoms with Gasteiger partial charge in [-0.3, -0.25) is 4.79 Å². The van der Waals surface area contributed by atoms with Gasteiger partial charge >= 0.3 is 0 Å². The number of carbonyl (C=O) groups is 1. The second-order valence-corrected chi connectivity index (χ2v) is 5.39. The smallest absolute Gasteiger partial charge is 0.240 e. The lowest BCUT2D eigenvalue weighted by molar-refractivity contribution is -0.129. The van der Waals surface area contributed by atoms with Gasteiger partial charge in [-0.15, -0.1) is 0 Å². The quantitative estimate of drug-likeness (QED) is 0.740. The first-order chi connectivity index (χ1) is 7.12. The Kier molecular flexibility index (Phi) is 3.01. The molecule has 0 heterocycles. The van der Waals surface area contributed by atoms with E-state index in [9.17, 15) is 4.79 Å². The molecule has 3 heteroatoms. The van der Waals surface area contributed by atoms with Crippen molar-refractivity contribution in [2.45, 2.75) is 51.0 Å². The van der Waals surface area contributed by atoms with Crippen LogP contribution in [-0.2, 0) is 4.79 Å². The summed E-state index contributed by atoms with van der Waals surface area (Å²) in [6, 6.07) is 0. The summed E-state index contributed by atoms with van der Waals surface area (Å²) in [7, 11) is 0. The van der Waals surface area contributed by atoms with Crippen molar-refractivity contribution in [3.05, 3.63) is 0 Å². The van der Waals surface area contributed by atoms with Gasteiger partial charge in [-0.25, -0.2) is 0 Å². The van der Waals surface area contributed by atoms with Crippen molar-refractivity contribution in [3.8, 4) is 0 Å². The lowest BCUT2D eigenvalue weighted by Crippen LogP contribution is -2.59. The van der Waals surface area contributed by atoms with E-state index in [1.807, 2.05) is 0 Å². The molecule has 3 N–H and O–H groups in total. The molecule has 0 aromatic carbocycles. The monoisotopic (exact) mass is 210 g/mol. The van der Waals surface area contributed by atoms with E-state index in [0.29, 0.717) is 5.92 Å². The Hall–Kier alpha value is -0.570. The first-order valence-corrected chi connectivity index (χ1v) is 6.19. The van der Waals surface area contributed by atoms with Crippen molar-refractivity contribution in [1.29, 1.82) is 0 Å². The van der Waals surface area contributed by atoms with Gasteiger partial charge < -0.3 is 11.1 Å². The molecule has 86 valence electrons. The van der Waals surface area contributed by atoms with Crippen LogP contribution in [0.2, 0.25) is 0 Å². The number of rotatable bonds is 3. The highest BCUT2D eigenvalue weighted by molar-refractivity contribution is 5.86. The summed E-state index contributed by atoms with van der Waals surface area (Å²) in [5.41, 5.74) is 5.43. The molecule has 2 unspecified atom stereocenters. The minimum atomic E-state index is -0.526. The summed E-state index contributed by atoms with van der Waals surface area (Å²) < 4.78 is 0. The van der Waals surface area contributed by atoms with Crippen molar-refractivity contribution in [1.82, 2.24) is 5.32 Å². The highest BCUT2D eigenvalue weighted by Crippen LogP contribution is 2.32. The fourth-order valence-corrected chi connectivity index (χ4v) is 2.71. The van der Waals surface area contributed by atoms with Gasteiger partial charge in [0.25, 0.3) is 0 Å². The van der Waals surface area contributed by atoms with Crippen molar-refractivity contribution in [3.63, 3.8) is 0 Å². The molecule has 2 rings (SSSR count). The third kappa shape index (κ3) is 2.17. The average Bonchev–Trinajstić information content (AvgIpc) is 2.56. The Morgan fingerprint density at radius 3 is 2.60 bits per heavy atom. The predicted octanol–water partition coefficient (Wildman–Crippen LogP) is 1.42. The van der Waals surface area contributed by atoms with Crippen molar-refractivity contribution < 1.29 is 4.79 Å². The van der Waals surface area contributed by atoms with Crippen molar-refractivity contribution in [2.24, 2.45) is 17.6 Å². The van der Waals surface area contributed by atoms with E-state index in [1.165, 1.54) is 19.3 Å². The predicted molar refractivity (Wildman–Crippen MR) is 60.3 cm³/mol. The third-order valence-corrected chi connectivity index (χ3v) is 4.26. The summed E-state index contributed by atoms with van der Waals surface area (Å²) in [5.74, 6) is 1.52. The Bertz CT molecular complexity index is 248. The van der Waals surface area contributed by atoms with Gasteiger partial charge in [0.05, 0.1) is 5.54 Å². The Morgan fingerprint density at radius 2 is 2.13 bits per heavy atom. The summed E-state index contributed by atoms with van der Waals surface area (Å²) >= 11 is 0. The van der Waals surface area contributed by atoms with E-state index in [2.05, 4.69) is 12.2 Å². The molecule has 0 bridgehead atoms. The maximum Gasteiger partial charge on any atom is 0.240 e. The molecule has 0 aliphatic heterocycles. The maximum absolute atomic E-state index is 11.8. The van der Waals surface area contributed by atoms with Gasteiger partial charge in [0.15, 0.2) is 0 Å². The lowest BCUT2D eigenvalue weighted by Gasteiger charge is -2.36. The number of amides is 1. The summed E-state index contributed by atoms with van der Waals surface area (Å²) in [6.07, 6.45) is 6.71. The molecule has 3 nitrogen and oxygen atoms in total. The second kappa shape index (κ2) is 4.12. The zero-order valence-corrected chi connectivity index (χ0v) is 9.59. The van der Waals surface area contributed by atoms with Gasteiger partial charge in [-0.1, -0.05) is 19.8 Å². The molecule has 2 saturated carbocycles. The average molecular weight is 210 g/mol. The maximum atomic E-state index is 11.8. The van der Waals surface area contributed by atoms with E-state index < -0.39 is 5.54 Å². The molecule has 2 aliphatic carbocycles. The van der Waals surface area contributed by atoms with Crippen LogP contribution in [0.4, 0.5) is 0 Å². The molecule has 0 spiro atoms. The molecule has 2 atom stereocenters. The zero-order valence-electron chi connectivity index (χ0n) is 9.59. The summed E-state index contributed by atoms with van der Waals surface area (Å²) in [5, 5.41) is 3.03. The van der Waals surface area contributed by atoms with Crippen LogP contribution in [0.15, 0.2) is 0 Å². The second-order valence-electron chi connectivity index (χ2n) is 5.39. The molecule has 0 saturated heterocycles. The molecule has 0 aromatic heterocycles. The standard InChI is InChI=1S/C12H22N2O/c1-9-4-2-5-10(9)8-14-11(15)12(13)6-3-7-12/h9-10H,2-8,13H2,1H3,(H,14,15). The van der Waals surface area contributed by atoms with Crippen molar-refractivity contribution in [2.75, 3.05) is 6.54 Å². The van der Waals surface area contributed by atoms with E-state index in [-0.39, 0.29) is 5.91 Å². The Morgan fingerprint density at radius 1 is 1.40 bits per heavy atom. The summed E-state index contributed by atoms with van der Waals surface area (Å²) in [4.78, 5) is 11.8. The fraction of sp³-hybridized carbons (Fsp3) is 0.917. The van der Waals surface area contributed by atoms with Crippen molar-refractivity contribution >= 4 is 5.91 Å². The number of hydrogen-bond acceptors (Lipinski definition) is 2. The normalized spacial score (nSPS) is 33.5. The van der Waals surface area contributed by atoms with Crippen LogP contribution < -0.4 is 11.1 Å². The van der Waals surface area contributed by atoms with E-state index in [0.717, 1.165) is 31.7 Å². The SMILES string of the molecule is CC1CCCC1CNC(=O)C1(N)CCC1. The molecular weight excluding hydrogens is 188 g/mol. The van der Waals surface area contributed by atoms with Crippen LogP contribution in [0, 0.1) is 11.8 Å². The largest absolute Gasteiger partial charge is 0.354 e. The number of nitrogens with one attached hydrogen (secondary N) is 1. The zero-order chi connectivity index (χ0) is 10.9. The van der Waals surface area contributed by atoms with Crippen LogP contribution >= 0.6 is 0 Å². The first kappa shape index (κ1) is 10.9. The number of nitrogens with two attached hydrogens (primary N) is 1. The fourth-order valence-electron chi connectivity index (χ4n) is 2.71. The number of carbonyl (C=O) groups excluding carboxylic acids is 1. The Labute approximate surface area is 91.8 Å². The minimum Gasteiger partial charge on any atom is -0.354 e. The molecular formula is C12H22N2O. The molecule has 0 aromatic rings. The van der Waals surface area contributed by atoms with E-state index in [4.69, 9.17) is 5.73 Å². The first-order valence-electron chi connectivity index (χ1n) is 6.19. The topological polar surface area (TPSA) is 55.1 Å². The van der Waals surface area contributed by atoms with Crippen LogP contribution in [0.25, 0.3) is 0 Å². The van der Waals surface area contributed by atoms with Crippen LogP contribution in [0.5, 0.6) is 0 Å². The Balaban J connectivity index is 1.75. The molecule has 2 aliphatic rings. The summed E-state index contributed by atoms with van der Waals surface area (Å²) in [6.45, 7) is 3.12. The molecule has 1 amide bonds. The van der Waals surface area contributed by atoms with Gasteiger partial charge in [0.1, 0.15) is 0 Å². The highest BCUT2D eigenvalue weighted by atomic mass is 16.2. The minimum absolute atomic E-state index is 0.0767. The van der Waals surface area contributed by atoms with E-state index in [1.54, 1.807) is 0 Å². The van der Waals surface area contributed by atoms with Crippen LogP contribution in [0.1, 0.15) is 45.4 Å². The molecule has 15 heavy (non-hydrogen) atoms. The van der Waals surface area contributed by atoms with Crippen LogP contribution in [-0.4, -0.2) is 18.0 Å². The van der Waals surface area contributed by atoms with Crippen LogP contribution in [0.3, 0.4) is 0 Å². The van der Waals surface area contributed by atoms with Gasteiger partial charge in [-0.2, -0.15) is 0 Å². The van der Waals surface area contributed by atoms with Gasteiger partial charge in [0, 0.05) is 6.54 Å². The van der Waals surface area contributed by atoms with Gasteiger partial charge in [-0.05, 0) is 37.5 Å². The molecule has 2 fully saturated rings. The van der Waals surface area contributed by atoms with Gasteiger partial charge in [0.2, 0.25) is 5.91 Å². The third-order valence-electron chi connectivity index (χ3n) is 4.26. The molecule has 0 radical (unpaired) electrons. The highest BCUT2D eigenvalue weighted by Gasteiger charge is 2.40. The van der Waals surface area contributed by atoms with E-state index >= 15 is 0 Å². The lowest BCUT2D eigenvalue weighted by atomic mass is 9.77.